The molecule has 3 heteroatoms. The second-order valence-electron chi connectivity index (χ2n) is 5.30. The minimum Gasteiger partial charge on any atom is -0.375 e. The molecular formula is C11H20N2O. The molecule has 0 aromatic rings. The smallest absolute Gasteiger partial charge is 0.156 e. The second kappa shape index (κ2) is 3.52. The number of piperidine rings is 1. The fourth-order valence-electron chi connectivity index (χ4n) is 1.90. The summed E-state index contributed by atoms with van der Waals surface area (Å²) in [5.41, 5.74) is -0.979. The molecule has 0 amide bonds. The minimum atomic E-state index is -1.11. The summed E-state index contributed by atoms with van der Waals surface area (Å²) in [5, 5.41) is 18.8. The standard InChI is InChI=1S/C11H20N2O/c1-9-7-13(10(2,3)4)6-5-11(9,14)8-12/h9,14H,5-7H2,1-4H3/t9-,11-/m1/s1. The van der Waals surface area contributed by atoms with Gasteiger partial charge in [0.15, 0.2) is 5.60 Å². The van der Waals surface area contributed by atoms with Crippen LogP contribution >= 0.6 is 0 Å². The Morgan fingerprint density at radius 2 is 2.07 bits per heavy atom. The lowest BCUT2D eigenvalue weighted by atomic mass is 9.82. The first kappa shape index (κ1) is 11.5. The zero-order valence-electron chi connectivity index (χ0n) is 9.54. The Morgan fingerprint density at radius 3 is 2.43 bits per heavy atom. The van der Waals surface area contributed by atoms with Crippen molar-refractivity contribution in [2.75, 3.05) is 13.1 Å². The van der Waals surface area contributed by atoms with Crippen molar-refractivity contribution in [3.8, 4) is 6.07 Å². The Kier molecular flexibility index (Phi) is 2.89. The van der Waals surface area contributed by atoms with Gasteiger partial charge in [-0.1, -0.05) is 6.92 Å². The molecule has 1 rings (SSSR count). The van der Waals surface area contributed by atoms with Crippen molar-refractivity contribution in [2.24, 2.45) is 5.92 Å². The predicted molar refractivity (Wildman–Crippen MR) is 55.7 cm³/mol. The molecule has 0 bridgehead atoms. The number of rotatable bonds is 0. The first-order chi connectivity index (χ1) is 6.29. The van der Waals surface area contributed by atoms with Crippen LogP contribution < -0.4 is 0 Å². The molecule has 1 heterocycles. The van der Waals surface area contributed by atoms with Gasteiger partial charge in [0.2, 0.25) is 0 Å². The van der Waals surface area contributed by atoms with E-state index in [0.717, 1.165) is 13.1 Å². The highest BCUT2D eigenvalue weighted by Crippen LogP contribution is 2.30. The predicted octanol–water partition coefficient (Wildman–Crippen LogP) is 1.38. The summed E-state index contributed by atoms with van der Waals surface area (Å²) in [7, 11) is 0. The van der Waals surface area contributed by atoms with Gasteiger partial charge in [-0.3, -0.25) is 4.90 Å². The molecule has 80 valence electrons. The first-order valence-electron chi connectivity index (χ1n) is 5.18. The van der Waals surface area contributed by atoms with Crippen LogP contribution in [0, 0.1) is 17.2 Å². The third kappa shape index (κ3) is 2.08. The van der Waals surface area contributed by atoms with Crippen molar-refractivity contribution < 1.29 is 5.11 Å². The number of aliphatic hydroxyl groups is 1. The quantitative estimate of drug-likeness (QED) is 0.595. The fourth-order valence-corrected chi connectivity index (χ4v) is 1.90. The van der Waals surface area contributed by atoms with E-state index in [9.17, 15) is 5.11 Å². The number of nitrogens with zero attached hydrogens (tertiary/aromatic N) is 2. The molecule has 1 N–H and O–H groups in total. The Hall–Kier alpha value is -0.590. The van der Waals surface area contributed by atoms with E-state index in [2.05, 4.69) is 25.7 Å². The van der Waals surface area contributed by atoms with Crippen molar-refractivity contribution in [2.45, 2.75) is 45.3 Å². The molecule has 0 saturated carbocycles. The number of hydrogen-bond donors (Lipinski definition) is 1. The average molecular weight is 196 g/mol. The molecule has 2 atom stereocenters. The monoisotopic (exact) mass is 196 g/mol. The lowest BCUT2D eigenvalue weighted by molar-refractivity contribution is -0.0454. The van der Waals surface area contributed by atoms with Gasteiger partial charge in [0.1, 0.15) is 0 Å². The minimum absolute atomic E-state index is 0.0282. The van der Waals surface area contributed by atoms with Gasteiger partial charge in [-0.15, -0.1) is 0 Å². The molecule has 0 aromatic carbocycles. The highest BCUT2D eigenvalue weighted by Gasteiger charge is 2.41. The maximum absolute atomic E-state index is 9.94. The Balaban J connectivity index is 2.70. The Bertz CT molecular complexity index is 251. The van der Waals surface area contributed by atoms with E-state index in [4.69, 9.17) is 5.26 Å². The maximum atomic E-state index is 9.94. The molecule has 14 heavy (non-hydrogen) atoms. The van der Waals surface area contributed by atoms with Crippen LogP contribution in [0.3, 0.4) is 0 Å². The van der Waals surface area contributed by atoms with Crippen molar-refractivity contribution >= 4 is 0 Å². The van der Waals surface area contributed by atoms with Crippen molar-refractivity contribution in [1.29, 1.82) is 5.26 Å². The summed E-state index contributed by atoms with van der Waals surface area (Å²) < 4.78 is 0. The lowest BCUT2D eigenvalue weighted by Gasteiger charge is -2.45. The molecular weight excluding hydrogens is 176 g/mol. The Morgan fingerprint density at radius 1 is 1.50 bits per heavy atom. The zero-order chi connectivity index (χ0) is 11.0. The number of likely N-dealkylation sites (tertiary alicyclic amines) is 1. The van der Waals surface area contributed by atoms with E-state index in [1.807, 2.05) is 13.0 Å². The van der Waals surface area contributed by atoms with Crippen molar-refractivity contribution in [1.82, 2.24) is 4.90 Å². The number of hydrogen-bond acceptors (Lipinski definition) is 3. The van der Waals surface area contributed by atoms with E-state index in [1.54, 1.807) is 0 Å². The van der Waals surface area contributed by atoms with Gasteiger partial charge in [-0.2, -0.15) is 5.26 Å². The summed E-state index contributed by atoms with van der Waals surface area (Å²) in [6, 6.07) is 2.03. The molecule has 0 unspecified atom stereocenters. The summed E-state index contributed by atoms with van der Waals surface area (Å²) in [6.07, 6.45) is 0.557. The van der Waals surface area contributed by atoms with Gasteiger partial charge in [0, 0.05) is 31.0 Å². The van der Waals surface area contributed by atoms with Crippen LogP contribution in [-0.4, -0.2) is 34.2 Å². The Labute approximate surface area is 86.3 Å². The molecule has 0 radical (unpaired) electrons. The summed E-state index contributed by atoms with van der Waals surface area (Å²) in [4.78, 5) is 2.32. The maximum Gasteiger partial charge on any atom is 0.156 e. The van der Waals surface area contributed by atoms with Gasteiger partial charge in [-0.25, -0.2) is 0 Å². The zero-order valence-corrected chi connectivity index (χ0v) is 9.54. The van der Waals surface area contributed by atoms with Gasteiger partial charge < -0.3 is 5.11 Å². The van der Waals surface area contributed by atoms with Crippen LogP contribution in [-0.2, 0) is 0 Å². The lowest BCUT2D eigenvalue weighted by Crippen LogP contribution is -2.55. The molecule has 3 nitrogen and oxygen atoms in total. The molecule has 0 aliphatic carbocycles. The van der Waals surface area contributed by atoms with E-state index in [1.165, 1.54) is 0 Å². The largest absolute Gasteiger partial charge is 0.375 e. The van der Waals surface area contributed by atoms with Gasteiger partial charge >= 0.3 is 0 Å². The summed E-state index contributed by atoms with van der Waals surface area (Å²) >= 11 is 0. The molecule has 1 fully saturated rings. The van der Waals surface area contributed by atoms with Crippen LogP contribution in [0.25, 0.3) is 0 Å². The van der Waals surface area contributed by atoms with Crippen molar-refractivity contribution in [3.63, 3.8) is 0 Å². The molecule has 0 spiro atoms. The van der Waals surface area contributed by atoms with E-state index < -0.39 is 5.60 Å². The van der Waals surface area contributed by atoms with Gasteiger partial charge in [-0.05, 0) is 20.8 Å². The molecule has 0 aromatic heterocycles. The topological polar surface area (TPSA) is 47.3 Å². The molecule has 1 saturated heterocycles. The normalized spacial score (nSPS) is 35.3. The SMILES string of the molecule is C[C@@H]1CN(C(C)(C)C)CC[C@@]1(O)C#N. The third-order valence-corrected chi connectivity index (χ3v) is 3.21. The molecule has 1 aliphatic heterocycles. The number of nitriles is 1. The average Bonchev–Trinajstić information content (AvgIpc) is 2.08. The van der Waals surface area contributed by atoms with Crippen LogP contribution in [0.1, 0.15) is 34.1 Å². The van der Waals surface area contributed by atoms with E-state index in [-0.39, 0.29) is 11.5 Å². The van der Waals surface area contributed by atoms with Crippen LogP contribution in [0.2, 0.25) is 0 Å². The first-order valence-corrected chi connectivity index (χ1v) is 5.18. The summed E-state index contributed by atoms with van der Waals surface area (Å²) in [6.45, 7) is 10.0. The van der Waals surface area contributed by atoms with Crippen LogP contribution in [0.15, 0.2) is 0 Å². The van der Waals surface area contributed by atoms with E-state index >= 15 is 0 Å². The van der Waals surface area contributed by atoms with Gasteiger partial charge in [0.25, 0.3) is 0 Å². The van der Waals surface area contributed by atoms with Gasteiger partial charge in [0.05, 0.1) is 6.07 Å². The van der Waals surface area contributed by atoms with E-state index in [0.29, 0.717) is 6.42 Å². The molecule has 1 aliphatic rings. The highest BCUT2D eigenvalue weighted by molar-refractivity contribution is 5.07. The fraction of sp³-hybridized carbons (Fsp3) is 0.909. The third-order valence-electron chi connectivity index (χ3n) is 3.21. The second-order valence-corrected chi connectivity index (χ2v) is 5.30. The van der Waals surface area contributed by atoms with Crippen LogP contribution in [0.5, 0.6) is 0 Å². The van der Waals surface area contributed by atoms with Crippen LogP contribution in [0.4, 0.5) is 0 Å². The summed E-state index contributed by atoms with van der Waals surface area (Å²) in [5.74, 6) is 0.0282. The van der Waals surface area contributed by atoms with Crippen molar-refractivity contribution in [3.05, 3.63) is 0 Å². The highest BCUT2D eigenvalue weighted by atomic mass is 16.3.